The minimum absolute atomic E-state index is 0.00178. The van der Waals surface area contributed by atoms with Crippen molar-refractivity contribution in [1.82, 2.24) is 10.6 Å². The lowest BCUT2D eigenvalue weighted by Crippen LogP contribution is -2.62. The third-order valence-corrected chi connectivity index (χ3v) is 4.48. The van der Waals surface area contributed by atoms with Crippen LogP contribution in [0.5, 0.6) is 0 Å². The van der Waals surface area contributed by atoms with Crippen molar-refractivity contribution >= 4 is 40.3 Å². The van der Waals surface area contributed by atoms with Gasteiger partial charge in [0, 0.05) is 29.3 Å². The van der Waals surface area contributed by atoms with Crippen LogP contribution in [-0.4, -0.2) is 27.2 Å². The number of nitro groups is 1. The van der Waals surface area contributed by atoms with Gasteiger partial charge in [-0.1, -0.05) is 11.6 Å². The first-order chi connectivity index (χ1) is 11.0. The number of nitrogens with one attached hydrogen (secondary N) is 3. The van der Waals surface area contributed by atoms with E-state index in [0.717, 1.165) is 12.8 Å². The van der Waals surface area contributed by atoms with Crippen molar-refractivity contribution in [3.05, 3.63) is 33.3 Å². The van der Waals surface area contributed by atoms with Crippen LogP contribution in [0.4, 0.5) is 11.4 Å². The quantitative estimate of drug-likeness (QED) is 0.426. The molecule has 8 heteroatoms. The Morgan fingerprint density at radius 1 is 1.33 bits per heavy atom. The van der Waals surface area contributed by atoms with Crippen LogP contribution in [0.1, 0.15) is 40.5 Å². The molecule has 24 heavy (non-hydrogen) atoms. The lowest BCUT2D eigenvalue weighted by atomic mass is 9.80. The van der Waals surface area contributed by atoms with E-state index in [-0.39, 0.29) is 22.8 Å². The molecular weight excluding hydrogens is 348 g/mol. The van der Waals surface area contributed by atoms with Crippen LogP contribution in [0, 0.1) is 10.1 Å². The highest BCUT2D eigenvalue weighted by atomic mass is 35.5. The van der Waals surface area contributed by atoms with Crippen LogP contribution in [0.3, 0.4) is 0 Å². The Kier molecular flexibility index (Phi) is 5.37. The molecule has 1 heterocycles. The van der Waals surface area contributed by atoms with E-state index in [1.165, 1.54) is 18.2 Å². The van der Waals surface area contributed by atoms with E-state index in [2.05, 4.69) is 43.6 Å². The zero-order valence-electron chi connectivity index (χ0n) is 14.3. The van der Waals surface area contributed by atoms with Gasteiger partial charge in [-0.25, -0.2) is 0 Å². The second-order valence-electron chi connectivity index (χ2n) is 7.52. The molecule has 1 fully saturated rings. The highest BCUT2D eigenvalue weighted by Crippen LogP contribution is 2.29. The average Bonchev–Trinajstić information content (AvgIpc) is 2.36. The minimum Gasteiger partial charge on any atom is -0.360 e. The number of piperidine rings is 1. The number of non-ortho nitro benzene ring substituents is 1. The number of hydrogen-bond acceptors (Lipinski definition) is 4. The summed E-state index contributed by atoms with van der Waals surface area (Å²) in [4.78, 5) is 10.4. The molecule has 1 aromatic carbocycles. The Balaban J connectivity index is 2.06. The molecule has 0 aliphatic carbocycles. The summed E-state index contributed by atoms with van der Waals surface area (Å²) in [5.74, 6) is 0. The zero-order valence-corrected chi connectivity index (χ0v) is 15.8. The molecule has 1 aliphatic rings. The first kappa shape index (κ1) is 18.9. The van der Waals surface area contributed by atoms with Crippen LogP contribution >= 0.6 is 23.8 Å². The SMILES string of the molecule is CC1(C)CC(NC(=S)Nc2cc([N+](=O)[O-])ccc2Cl)CC(C)(C)N1. The number of rotatable bonds is 3. The standard InChI is InChI=1S/C16H23ClN4O2S/c1-15(2)8-10(9-16(3,4)20-15)18-14(24)19-13-7-11(21(22)23)5-6-12(13)17/h5-7,10,20H,8-9H2,1-4H3,(H2,18,19,24). The lowest BCUT2D eigenvalue weighted by molar-refractivity contribution is -0.384. The van der Waals surface area contributed by atoms with Crippen LogP contribution in [-0.2, 0) is 0 Å². The van der Waals surface area contributed by atoms with Crippen LogP contribution in [0.15, 0.2) is 18.2 Å². The Morgan fingerprint density at radius 2 is 1.92 bits per heavy atom. The summed E-state index contributed by atoms with van der Waals surface area (Å²) >= 11 is 11.5. The van der Waals surface area contributed by atoms with Gasteiger partial charge in [-0.2, -0.15) is 0 Å². The van der Waals surface area contributed by atoms with E-state index >= 15 is 0 Å². The normalized spacial score (nSPS) is 19.5. The molecule has 0 amide bonds. The molecule has 1 saturated heterocycles. The number of anilines is 1. The average molecular weight is 371 g/mol. The fraction of sp³-hybridized carbons (Fsp3) is 0.562. The van der Waals surface area contributed by atoms with E-state index in [0.29, 0.717) is 15.8 Å². The molecule has 6 nitrogen and oxygen atoms in total. The van der Waals surface area contributed by atoms with Gasteiger partial charge in [0.15, 0.2) is 5.11 Å². The molecule has 0 unspecified atom stereocenters. The van der Waals surface area contributed by atoms with Crippen molar-refractivity contribution in [1.29, 1.82) is 0 Å². The Bertz CT molecular complexity index is 647. The van der Waals surface area contributed by atoms with Crippen LogP contribution in [0.2, 0.25) is 5.02 Å². The predicted octanol–water partition coefficient (Wildman–Crippen LogP) is 3.84. The van der Waals surface area contributed by atoms with Gasteiger partial charge in [-0.15, -0.1) is 0 Å². The molecule has 132 valence electrons. The first-order valence-electron chi connectivity index (χ1n) is 7.78. The highest BCUT2D eigenvalue weighted by molar-refractivity contribution is 7.80. The molecule has 1 aromatic rings. The maximum Gasteiger partial charge on any atom is 0.271 e. The summed E-state index contributed by atoms with van der Waals surface area (Å²) < 4.78 is 0. The fourth-order valence-corrected chi connectivity index (χ4v) is 3.93. The summed E-state index contributed by atoms with van der Waals surface area (Å²) in [5, 5.41) is 21.6. The molecule has 0 aromatic heterocycles. The second-order valence-corrected chi connectivity index (χ2v) is 8.33. The maximum atomic E-state index is 10.9. The van der Waals surface area contributed by atoms with Crippen LogP contribution in [0.25, 0.3) is 0 Å². The smallest absolute Gasteiger partial charge is 0.271 e. The minimum atomic E-state index is -0.462. The summed E-state index contributed by atoms with van der Waals surface area (Å²) in [6.45, 7) is 8.65. The third kappa shape index (κ3) is 5.03. The number of nitro benzene ring substituents is 1. The highest BCUT2D eigenvalue weighted by Gasteiger charge is 2.37. The summed E-state index contributed by atoms with van der Waals surface area (Å²) in [7, 11) is 0. The number of thiocarbonyl (C=S) groups is 1. The Labute approximate surface area is 152 Å². The van der Waals surface area contributed by atoms with Gasteiger partial charge in [0.2, 0.25) is 0 Å². The third-order valence-electron chi connectivity index (χ3n) is 3.93. The summed E-state index contributed by atoms with van der Waals surface area (Å²) in [5.41, 5.74) is 0.390. The van der Waals surface area contributed by atoms with Gasteiger partial charge in [0.25, 0.3) is 5.69 Å². The Hall–Kier alpha value is -1.44. The zero-order chi connectivity index (χ0) is 18.1. The van der Waals surface area contributed by atoms with Gasteiger partial charge in [-0.05, 0) is 58.8 Å². The largest absolute Gasteiger partial charge is 0.360 e. The second kappa shape index (κ2) is 6.82. The maximum absolute atomic E-state index is 10.9. The van der Waals surface area contributed by atoms with E-state index < -0.39 is 4.92 Å². The van der Waals surface area contributed by atoms with Gasteiger partial charge < -0.3 is 16.0 Å². The number of halogens is 1. The van der Waals surface area contributed by atoms with Gasteiger partial charge in [0.1, 0.15) is 0 Å². The molecule has 0 bridgehead atoms. The van der Waals surface area contributed by atoms with Crippen molar-refractivity contribution in [3.63, 3.8) is 0 Å². The van der Waals surface area contributed by atoms with Gasteiger partial charge in [-0.3, -0.25) is 10.1 Å². The van der Waals surface area contributed by atoms with E-state index in [1.54, 1.807) is 0 Å². The van der Waals surface area contributed by atoms with Crippen molar-refractivity contribution in [2.75, 3.05) is 5.32 Å². The van der Waals surface area contributed by atoms with Crippen molar-refractivity contribution in [2.45, 2.75) is 57.7 Å². The molecular formula is C16H23ClN4O2S. The molecule has 0 spiro atoms. The van der Waals surface area contributed by atoms with Crippen molar-refractivity contribution in [3.8, 4) is 0 Å². The Morgan fingerprint density at radius 3 is 2.46 bits per heavy atom. The molecule has 0 radical (unpaired) electrons. The number of nitrogens with zero attached hydrogens (tertiary/aromatic N) is 1. The lowest BCUT2D eigenvalue weighted by Gasteiger charge is -2.46. The molecule has 0 atom stereocenters. The topological polar surface area (TPSA) is 79.2 Å². The monoisotopic (exact) mass is 370 g/mol. The van der Waals surface area contributed by atoms with Gasteiger partial charge >= 0.3 is 0 Å². The van der Waals surface area contributed by atoms with E-state index in [4.69, 9.17) is 23.8 Å². The molecule has 0 saturated carbocycles. The molecule has 1 aliphatic heterocycles. The first-order valence-corrected chi connectivity index (χ1v) is 8.57. The van der Waals surface area contributed by atoms with Gasteiger partial charge in [0.05, 0.1) is 15.6 Å². The molecule has 2 rings (SSSR count). The summed E-state index contributed by atoms with van der Waals surface area (Å²) in [6, 6.07) is 4.43. The molecule has 3 N–H and O–H groups in total. The van der Waals surface area contributed by atoms with E-state index in [1.807, 2.05) is 0 Å². The fourth-order valence-electron chi connectivity index (χ4n) is 3.49. The summed E-state index contributed by atoms with van der Waals surface area (Å²) in [6.07, 6.45) is 1.84. The van der Waals surface area contributed by atoms with Crippen molar-refractivity contribution < 1.29 is 4.92 Å². The number of benzene rings is 1. The van der Waals surface area contributed by atoms with Crippen LogP contribution < -0.4 is 16.0 Å². The van der Waals surface area contributed by atoms with E-state index in [9.17, 15) is 10.1 Å². The number of hydrogen-bond donors (Lipinski definition) is 3. The van der Waals surface area contributed by atoms with Crippen molar-refractivity contribution in [2.24, 2.45) is 0 Å². The predicted molar refractivity (Wildman–Crippen MR) is 102 cm³/mol.